The Balaban J connectivity index is 1.41. The largest absolute Gasteiger partial charge is 0.399 e. The van der Waals surface area contributed by atoms with E-state index in [4.69, 9.17) is 12.9 Å². The first-order chi connectivity index (χ1) is 22.0. The Kier molecular flexibility index (Phi) is 7.76. The molecule has 7 rings (SSSR count). The van der Waals surface area contributed by atoms with E-state index in [1.807, 2.05) is 67.6 Å². The Bertz CT molecular complexity index is 2110. The van der Waals surface area contributed by atoms with E-state index in [2.05, 4.69) is 85.1 Å². The summed E-state index contributed by atoms with van der Waals surface area (Å²) in [4.78, 5) is 13.0. The minimum absolute atomic E-state index is 0.325. The average Bonchev–Trinajstić information content (AvgIpc) is 3.23. The lowest BCUT2D eigenvalue weighted by molar-refractivity contribution is 0.204. The van der Waals surface area contributed by atoms with Crippen molar-refractivity contribution in [3.05, 3.63) is 138 Å². The third-order valence-corrected chi connectivity index (χ3v) is 9.19. The van der Waals surface area contributed by atoms with Crippen molar-refractivity contribution in [1.82, 2.24) is 5.32 Å². The molecule has 0 fully saturated rings. The van der Waals surface area contributed by atoms with Gasteiger partial charge >= 0.3 is 14.3 Å². The molecule has 0 aliphatic heterocycles. The number of carbonyl (C=O) groups is 1. The molecular weight excluding hydrogens is 579 g/mol. The number of aryl methyl sites for hydroxylation is 2. The van der Waals surface area contributed by atoms with Crippen molar-refractivity contribution in [3.63, 3.8) is 0 Å². The molecule has 45 heavy (non-hydrogen) atoms. The van der Waals surface area contributed by atoms with Crippen molar-refractivity contribution in [2.75, 3.05) is 5.32 Å². The predicted octanol–water partition coefficient (Wildman–Crippen LogP) is 10.6. The molecule has 6 aromatic carbocycles. The highest BCUT2D eigenvalue weighted by atomic mass is 31.1. The number of fused-ring (bicyclic) bond motifs is 7. The zero-order chi connectivity index (χ0) is 30.9. The number of nitrogens with one attached hydrogen (secondary N) is 2. The smallest absolute Gasteiger partial charge is 0.388 e. The maximum Gasteiger partial charge on any atom is 0.388 e. The van der Waals surface area contributed by atoms with E-state index in [9.17, 15) is 4.79 Å². The summed E-state index contributed by atoms with van der Waals surface area (Å²) in [5.74, 6) is 0. The number of rotatable bonds is 6. The summed E-state index contributed by atoms with van der Waals surface area (Å²) in [5, 5.41) is 12.4. The lowest BCUT2D eigenvalue weighted by atomic mass is 9.95. The predicted molar refractivity (Wildman–Crippen MR) is 185 cm³/mol. The molecule has 0 saturated carbocycles. The zero-order valence-electron chi connectivity index (χ0n) is 25.3. The second kappa shape index (κ2) is 12.2. The van der Waals surface area contributed by atoms with Crippen LogP contribution in [0.5, 0.6) is 0 Å². The Morgan fingerprint density at radius 2 is 1.18 bits per heavy atom. The van der Waals surface area contributed by atoms with Crippen LogP contribution < -0.4 is 15.2 Å². The summed E-state index contributed by atoms with van der Waals surface area (Å²) in [6.45, 7) is 6.05. The first-order valence-electron chi connectivity index (χ1n) is 15.0. The quantitative estimate of drug-likeness (QED) is 0.196. The Morgan fingerprint density at radius 3 is 1.73 bits per heavy atom. The van der Waals surface area contributed by atoms with E-state index in [1.54, 1.807) is 0 Å². The minimum atomic E-state index is -1.95. The molecule has 0 spiro atoms. The van der Waals surface area contributed by atoms with Gasteiger partial charge in [-0.15, -0.1) is 0 Å². The van der Waals surface area contributed by atoms with Crippen LogP contribution >= 0.6 is 8.24 Å². The van der Waals surface area contributed by atoms with Crippen LogP contribution in [0.25, 0.3) is 43.5 Å². The summed E-state index contributed by atoms with van der Waals surface area (Å²) in [5.41, 5.74) is 5.07. The molecule has 1 aromatic heterocycles. The molecule has 2 atom stereocenters. The van der Waals surface area contributed by atoms with Crippen LogP contribution in [0.2, 0.25) is 0 Å². The molecule has 224 valence electrons. The van der Waals surface area contributed by atoms with E-state index in [1.165, 1.54) is 0 Å². The number of hydrogen-bond acceptors (Lipinski definition) is 4. The number of urea groups is 1. The molecule has 6 nitrogen and oxygen atoms in total. The summed E-state index contributed by atoms with van der Waals surface area (Å²) < 4.78 is 20.4. The summed E-state index contributed by atoms with van der Waals surface area (Å²) in [6.07, 6.45) is -0.564. The van der Waals surface area contributed by atoms with Gasteiger partial charge in [-0.3, -0.25) is 4.52 Å². The van der Waals surface area contributed by atoms with Crippen LogP contribution in [0.1, 0.15) is 29.7 Å². The fraction of sp³-hybridized carbons (Fsp3) is 0.132. The van der Waals surface area contributed by atoms with E-state index >= 15 is 0 Å². The number of benzene rings is 6. The van der Waals surface area contributed by atoms with Crippen LogP contribution in [0, 0.1) is 13.8 Å². The van der Waals surface area contributed by atoms with Gasteiger partial charge in [0.05, 0.1) is 6.04 Å². The first-order valence-corrected chi connectivity index (χ1v) is 16.1. The highest BCUT2D eigenvalue weighted by Crippen LogP contribution is 2.44. The first kappa shape index (κ1) is 28.7. The Labute approximate surface area is 262 Å². The number of anilines is 1. The van der Waals surface area contributed by atoms with Crippen molar-refractivity contribution in [1.29, 1.82) is 0 Å². The van der Waals surface area contributed by atoms with Gasteiger partial charge in [0.1, 0.15) is 17.3 Å². The fourth-order valence-corrected chi connectivity index (χ4v) is 7.41. The van der Waals surface area contributed by atoms with Gasteiger partial charge in [0, 0.05) is 16.5 Å². The van der Waals surface area contributed by atoms with E-state index in [0.29, 0.717) is 5.69 Å². The highest BCUT2D eigenvalue weighted by Gasteiger charge is 2.26. The zero-order valence-corrected chi connectivity index (χ0v) is 26.2. The topological polar surface area (TPSA) is 76.6 Å². The van der Waals surface area contributed by atoms with Gasteiger partial charge in [0.2, 0.25) is 0 Å². The van der Waals surface area contributed by atoms with Gasteiger partial charge in [-0.2, -0.15) is 0 Å². The molecule has 0 bridgehead atoms. The number of amides is 2. The van der Waals surface area contributed by atoms with Crippen LogP contribution in [-0.2, 0) is 0 Å². The molecule has 0 aliphatic rings. The molecule has 7 heteroatoms. The standard InChI is InChI=1S/C38H33N2O4P/c1-24-22-28-16-10-12-20-31(28)33-34-32-21-13-11-17-29(32)23-25(2)36(34)43-45(42-35(24)33)44-37(27-14-6-4-7-15-27)26(3)39-38(41)40-30-18-8-5-9-19-30/h4-23,26,37H,1-3H3,(H2,39,40,41)/t26-,37-/m0/s1. The van der Waals surface area contributed by atoms with Gasteiger partial charge in [0.25, 0.3) is 0 Å². The van der Waals surface area contributed by atoms with Crippen molar-refractivity contribution < 1.29 is 17.7 Å². The van der Waals surface area contributed by atoms with Crippen molar-refractivity contribution in [2.24, 2.45) is 0 Å². The molecular formula is C38H33N2O4P. The maximum absolute atomic E-state index is 13.0. The van der Waals surface area contributed by atoms with Crippen molar-refractivity contribution in [2.45, 2.75) is 32.9 Å². The van der Waals surface area contributed by atoms with E-state index in [-0.39, 0.29) is 6.03 Å². The van der Waals surface area contributed by atoms with Crippen molar-refractivity contribution in [3.8, 4) is 0 Å². The molecule has 0 saturated heterocycles. The van der Waals surface area contributed by atoms with Gasteiger partial charge in [-0.1, -0.05) is 97.1 Å². The van der Waals surface area contributed by atoms with Crippen LogP contribution in [0.4, 0.5) is 10.5 Å². The lowest BCUT2D eigenvalue weighted by Gasteiger charge is -2.24. The number of para-hydroxylation sites is 1. The molecule has 0 unspecified atom stereocenters. The van der Waals surface area contributed by atoms with Crippen molar-refractivity contribution >= 4 is 63.4 Å². The summed E-state index contributed by atoms with van der Waals surface area (Å²) in [7, 11) is -1.95. The maximum atomic E-state index is 13.0. The van der Waals surface area contributed by atoms with Crippen LogP contribution in [-0.4, -0.2) is 12.1 Å². The Hall–Kier alpha value is -5.03. The van der Waals surface area contributed by atoms with Crippen LogP contribution in [0.3, 0.4) is 0 Å². The SMILES string of the molecule is Cc1cc2ccccc2c2c1op(O[C@H](c1ccccc1)[C@H](C)NC(=O)Nc1ccccc1)oc1c(C)cc3ccccc3c12. The molecule has 0 aliphatic carbocycles. The number of carbonyl (C=O) groups excluding carboxylic acids is 1. The van der Waals surface area contributed by atoms with E-state index < -0.39 is 20.4 Å². The van der Waals surface area contributed by atoms with Gasteiger partial charge in [-0.25, -0.2) is 4.79 Å². The highest BCUT2D eigenvalue weighted by molar-refractivity contribution is 7.31. The lowest BCUT2D eigenvalue weighted by Crippen LogP contribution is -2.41. The minimum Gasteiger partial charge on any atom is -0.399 e. The van der Waals surface area contributed by atoms with E-state index in [0.717, 1.165) is 60.2 Å². The second-order valence-electron chi connectivity index (χ2n) is 11.3. The molecule has 2 amide bonds. The Morgan fingerprint density at radius 1 is 0.689 bits per heavy atom. The van der Waals surface area contributed by atoms with Gasteiger partial charge in [-0.05, 0) is 83.3 Å². The average molecular weight is 613 g/mol. The molecule has 2 N–H and O–H groups in total. The third kappa shape index (κ3) is 5.66. The summed E-state index contributed by atoms with van der Waals surface area (Å²) >= 11 is 0. The fourth-order valence-electron chi connectivity index (χ4n) is 6.03. The van der Waals surface area contributed by atoms with Crippen LogP contribution in [0.15, 0.2) is 130 Å². The van der Waals surface area contributed by atoms with Gasteiger partial charge < -0.3 is 19.0 Å². The molecule has 1 heterocycles. The molecule has 0 radical (unpaired) electrons. The monoisotopic (exact) mass is 612 g/mol. The third-order valence-electron chi connectivity index (χ3n) is 8.13. The molecule has 7 aromatic rings. The second-order valence-corrected chi connectivity index (χ2v) is 12.4. The summed E-state index contributed by atoms with van der Waals surface area (Å²) in [6, 6.07) is 39.5. The normalized spacial score (nSPS) is 12.8. The number of hydrogen-bond donors (Lipinski definition) is 2. The van der Waals surface area contributed by atoms with Gasteiger partial charge in [0.15, 0.2) is 0 Å².